The Balaban J connectivity index is 1.66. The van der Waals surface area contributed by atoms with E-state index in [0.717, 1.165) is 40.5 Å². The average Bonchev–Trinajstić information content (AvgIpc) is 3.47. The molecule has 2 aromatic heterocycles. The Labute approximate surface area is 233 Å². The second-order valence-electron chi connectivity index (χ2n) is 9.19. The van der Waals surface area contributed by atoms with Gasteiger partial charge >= 0.3 is 0 Å². The largest absolute Gasteiger partial charge is 0.497 e. The zero-order chi connectivity index (χ0) is 27.7. The van der Waals surface area contributed by atoms with Crippen LogP contribution in [0.3, 0.4) is 0 Å². The summed E-state index contributed by atoms with van der Waals surface area (Å²) in [4.78, 5) is 6.67. The zero-order valence-corrected chi connectivity index (χ0v) is 23.6. The summed E-state index contributed by atoms with van der Waals surface area (Å²) in [7, 11) is -0.347. The lowest BCUT2D eigenvalue weighted by molar-refractivity contribution is 0.414. The summed E-state index contributed by atoms with van der Waals surface area (Å²) in [6, 6.07) is 22.6. The van der Waals surface area contributed by atoms with Gasteiger partial charge in [-0.1, -0.05) is 6.07 Å². The molecule has 202 valence electrons. The van der Waals surface area contributed by atoms with Gasteiger partial charge in [-0.2, -0.15) is 0 Å². The van der Waals surface area contributed by atoms with Gasteiger partial charge in [-0.3, -0.25) is 9.71 Å². The van der Waals surface area contributed by atoms with Gasteiger partial charge in [0.25, 0.3) is 0 Å². The molecule has 5 rings (SSSR count). The van der Waals surface area contributed by atoms with Gasteiger partial charge in [0.05, 0.1) is 37.9 Å². The summed E-state index contributed by atoms with van der Waals surface area (Å²) < 4.78 is 39.4. The average molecular weight is 564 g/mol. The van der Waals surface area contributed by atoms with Crippen LogP contribution in [0, 0.1) is 6.92 Å². The van der Waals surface area contributed by atoms with E-state index in [0.29, 0.717) is 16.5 Å². The molecule has 2 aromatic carbocycles. The van der Waals surface area contributed by atoms with Crippen LogP contribution in [0.1, 0.15) is 29.2 Å². The second kappa shape index (κ2) is 10.6. The molecule has 4 aromatic rings. The smallest absolute Gasteiger partial charge is 0.229 e. The number of pyridine rings is 1. The van der Waals surface area contributed by atoms with E-state index in [4.69, 9.17) is 21.7 Å². The second-order valence-corrected chi connectivity index (χ2v) is 11.3. The van der Waals surface area contributed by atoms with Gasteiger partial charge in [0, 0.05) is 35.0 Å². The van der Waals surface area contributed by atoms with Crippen molar-refractivity contribution in [3.8, 4) is 17.2 Å². The molecule has 1 saturated heterocycles. The number of anilines is 2. The number of aromatic nitrogens is 2. The number of sulfonamides is 1. The summed E-state index contributed by atoms with van der Waals surface area (Å²) in [6.45, 7) is 2.06. The SMILES string of the molecule is COc1ccc(-n2c(C)ccc2[C@@H]2[C@@H](c3ccccn3)NC(=S)N2c2ccc(NS(C)(=O)=O)c(OC)c2)cc1. The van der Waals surface area contributed by atoms with Crippen LogP contribution in [0.5, 0.6) is 11.5 Å². The predicted molar refractivity (Wildman–Crippen MR) is 156 cm³/mol. The summed E-state index contributed by atoms with van der Waals surface area (Å²) in [5.74, 6) is 1.15. The lowest BCUT2D eigenvalue weighted by Crippen LogP contribution is -2.30. The predicted octanol–water partition coefficient (Wildman–Crippen LogP) is 4.75. The Kier molecular flexibility index (Phi) is 7.19. The Morgan fingerprint density at radius 1 is 0.974 bits per heavy atom. The number of hydrogen-bond donors (Lipinski definition) is 2. The maximum atomic E-state index is 11.9. The molecule has 11 heteroatoms. The first-order valence-corrected chi connectivity index (χ1v) is 14.5. The summed E-state index contributed by atoms with van der Waals surface area (Å²) in [5.41, 5.74) is 4.96. The molecule has 0 bridgehead atoms. The fourth-order valence-electron chi connectivity index (χ4n) is 4.92. The van der Waals surface area contributed by atoms with Crippen LogP contribution in [-0.4, -0.2) is 43.6 Å². The molecule has 1 fully saturated rings. The highest BCUT2D eigenvalue weighted by atomic mass is 32.2. The van der Waals surface area contributed by atoms with E-state index in [1.54, 1.807) is 25.4 Å². The van der Waals surface area contributed by atoms with Gasteiger partial charge in [-0.25, -0.2) is 8.42 Å². The number of ether oxygens (including phenoxy) is 2. The van der Waals surface area contributed by atoms with Gasteiger partial charge in [0.1, 0.15) is 17.5 Å². The van der Waals surface area contributed by atoms with E-state index in [1.807, 2.05) is 53.4 Å². The van der Waals surface area contributed by atoms with E-state index < -0.39 is 10.0 Å². The van der Waals surface area contributed by atoms with Crippen LogP contribution in [-0.2, 0) is 10.0 Å². The van der Waals surface area contributed by atoms with Crippen molar-refractivity contribution in [2.45, 2.75) is 19.0 Å². The molecular formula is C28H29N5O4S2. The first-order valence-electron chi connectivity index (χ1n) is 12.2. The zero-order valence-electron chi connectivity index (χ0n) is 22.0. The number of thiocarbonyl (C=S) groups is 1. The highest BCUT2D eigenvalue weighted by molar-refractivity contribution is 7.92. The Hall–Kier alpha value is -4.09. The Morgan fingerprint density at radius 3 is 2.36 bits per heavy atom. The van der Waals surface area contributed by atoms with Crippen LogP contribution < -0.4 is 24.4 Å². The molecule has 0 saturated carbocycles. The van der Waals surface area contributed by atoms with E-state index in [-0.39, 0.29) is 12.1 Å². The van der Waals surface area contributed by atoms with Crippen molar-refractivity contribution < 1.29 is 17.9 Å². The molecule has 0 radical (unpaired) electrons. The number of hydrogen-bond acceptors (Lipinski definition) is 6. The normalized spacial score (nSPS) is 17.1. The lowest BCUT2D eigenvalue weighted by atomic mass is 10.0. The maximum Gasteiger partial charge on any atom is 0.229 e. The van der Waals surface area contributed by atoms with Gasteiger partial charge in [-0.05, 0) is 79.8 Å². The van der Waals surface area contributed by atoms with Gasteiger partial charge < -0.3 is 24.3 Å². The van der Waals surface area contributed by atoms with Gasteiger partial charge in [0.2, 0.25) is 10.0 Å². The lowest BCUT2D eigenvalue weighted by Gasteiger charge is -2.30. The van der Waals surface area contributed by atoms with Crippen molar-refractivity contribution in [2.24, 2.45) is 0 Å². The molecule has 2 N–H and O–H groups in total. The van der Waals surface area contributed by atoms with Crippen LogP contribution >= 0.6 is 12.2 Å². The van der Waals surface area contributed by atoms with E-state index in [2.05, 4.69) is 38.6 Å². The minimum atomic E-state index is -3.49. The summed E-state index contributed by atoms with van der Waals surface area (Å²) in [6.07, 6.45) is 2.87. The molecular weight excluding hydrogens is 534 g/mol. The molecule has 0 amide bonds. The van der Waals surface area contributed by atoms with Crippen molar-refractivity contribution in [3.05, 3.63) is 96.1 Å². The van der Waals surface area contributed by atoms with Crippen LogP contribution in [0.2, 0.25) is 0 Å². The first-order chi connectivity index (χ1) is 18.7. The third kappa shape index (κ3) is 5.27. The molecule has 2 atom stereocenters. The topological polar surface area (TPSA) is 97.7 Å². The number of nitrogens with zero attached hydrogens (tertiary/aromatic N) is 3. The molecule has 39 heavy (non-hydrogen) atoms. The number of aryl methyl sites for hydroxylation is 1. The fraction of sp³-hybridized carbons (Fsp3) is 0.214. The minimum absolute atomic E-state index is 0.259. The van der Waals surface area contributed by atoms with E-state index in [9.17, 15) is 8.42 Å². The Morgan fingerprint density at radius 2 is 1.72 bits per heavy atom. The van der Waals surface area contributed by atoms with Crippen LogP contribution in [0.4, 0.5) is 11.4 Å². The van der Waals surface area contributed by atoms with Gasteiger partial charge in [0.15, 0.2) is 5.11 Å². The van der Waals surface area contributed by atoms with Crippen molar-refractivity contribution in [1.29, 1.82) is 0 Å². The first kappa shape index (κ1) is 26.5. The van der Waals surface area contributed by atoms with Crippen molar-refractivity contribution in [2.75, 3.05) is 30.1 Å². The quantitative estimate of drug-likeness (QED) is 0.297. The molecule has 0 aliphatic carbocycles. The van der Waals surface area contributed by atoms with E-state index >= 15 is 0 Å². The van der Waals surface area contributed by atoms with Crippen molar-refractivity contribution in [1.82, 2.24) is 14.9 Å². The molecule has 9 nitrogen and oxygen atoms in total. The summed E-state index contributed by atoms with van der Waals surface area (Å²) in [5, 5.41) is 3.99. The minimum Gasteiger partial charge on any atom is -0.497 e. The fourth-order valence-corrected chi connectivity index (χ4v) is 5.83. The number of methoxy groups -OCH3 is 2. The maximum absolute atomic E-state index is 11.9. The molecule has 0 spiro atoms. The number of nitrogens with one attached hydrogen (secondary N) is 2. The molecule has 0 unspecified atom stereocenters. The molecule has 1 aliphatic heterocycles. The van der Waals surface area contributed by atoms with Gasteiger partial charge in [-0.15, -0.1) is 0 Å². The standard InChI is InChI=1S/C28H29N5O4S2/c1-18-8-15-24(32(18)19-9-12-21(36-2)13-10-19)27-26(23-7-5-6-16-29-23)30-28(38)33(27)20-11-14-22(25(17-20)37-3)31-39(4,34)35/h5-17,26-27,31H,1-4H3,(H,30,38)/t26-,27-/m1/s1. The number of rotatable bonds is 8. The monoisotopic (exact) mass is 563 g/mol. The number of benzene rings is 2. The van der Waals surface area contributed by atoms with Crippen molar-refractivity contribution in [3.63, 3.8) is 0 Å². The Bertz CT molecular complexity index is 1600. The third-order valence-electron chi connectivity index (χ3n) is 6.60. The highest BCUT2D eigenvalue weighted by Gasteiger charge is 2.42. The third-order valence-corrected chi connectivity index (χ3v) is 7.50. The highest BCUT2D eigenvalue weighted by Crippen LogP contribution is 2.44. The molecule has 3 heterocycles. The molecule has 1 aliphatic rings. The van der Waals surface area contributed by atoms with Crippen molar-refractivity contribution >= 4 is 38.7 Å². The van der Waals surface area contributed by atoms with E-state index in [1.165, 1.54) is 7.11 Å². The van der Waals surface area contributed by atoms with Crippen LogP contribution in [0.15, 0.2) is 79.0 Å². The summed E-state index contributed by atoms with van der Waals surface area (Å²) >= 11 is 5.89. The van der Waals surface area contributed by atoms with Crippen LogP contribution in [0.25, 0.3) is 5.69 Å².